The molecular formula is C38H50ClN3O6S. The van der Waals surface area contributed by atoms with Crippen LogP contribution in [0.5, 0.6) is 5.75 Å². The van der Waals surface area contributed by atoms with Crippen molar-refractivity contribution in [1.29, 1.82) is 0 Å². The van der Waals surface area contributed by atoms with Gasteiger partial charge in [0.1, 0.15) is 5.75 Å². The van der Waals surface area contributed by atoms with Crippen LogP contribution in [0.3, 0.4) is 0 Å². The first-order valence-corrected chi connectivity index (χ1v) is 20.3. The molecular weight excluding hydrogens is 662 g/mol. The third-order valence-electron chi connectivity index (χ3n) is 13.0. The van der Waals surface area contributed by atoms with Crippen LogP contribution in [0.4, 0.5) is 5.69 Å². The number of nitrogens with zero attached hydrogens (tertiary/aromatic N) is 2. The molecule has 1 unspecified atom stereocenters. The Kier molecular flexibility index (Phi) is 8.95. The van der Waals surface area contributed by atoms with E-state index in [0.29, 0.717) is 43.3 Å². The normalized spacial score (nSPS) is 36.3. The molecule has 0 radical (unpaired) electrons. The molecule has 1 amide bonds. The first-order chi connectivity index (χ1) is 23.6. The van der Waals surface area contributed by atoms with Gasteiger partial charge in [-0.1, -0.05) is 31.0 Å². The van der Waals surface area contributed by atoms with Gasteiger partial charge in [-0.2, -0.15) is 0 Å². The smallest absolute Gasteiger partial charge is 0.264 e. The lowest BCUT2D eigenvalue weighted by Crippen LogP contribution is -2.65. The SMILES string of the molecule is C[C@@H]1[C@@H](C)CCC[C@]2(CN3CCOCC3CO2)[C@@H]2CC[C@H]2CN2C[C@@]3(CCCc4cc(Cl)ccc43)COc3ccc(cc32)C(=O)NS1(=O)=O. The number of carbonyl (C=O) groups excluding carboxylic acids is 1. The van der Waals surface area contributed by atoms with E-state index in [9.17, 15) is 13.2 Å². The molecule has 266 valence electrons. The molecule has 2 aliphatic carbocycles. The molecule has 0 aromatic heterocycles. The molecule has 7 atom stereocenters. The molecule has 6 aliphatic rings. The second-order valence-electron chi connectivity index (χ2n) is 15.9. The first kappa shape index (κ1) is 33.8. The van der Waals surface area contributed by atoms with Crippen LogP contribution in [0.1, 0.15) is 80.3 Å². The summed E-state index contributed by atoms with van der Waals surface area (Å²) in [6.07, 6.45) is 7.79. The van der Waals surface area contributed by atoms with Crippen LogP contribution in [0, 0.1) is 17.8 Å². The number of rotatable bonds is 0. The van der Waals surface area contributed by atoms with E-state index in [1.165, 1.54) is 11.1 Å². The standard InChI is InChI=1S/C38H50ClN3O6S/c1-25-5-3-14-38(23-41-15-16-46-20-31(41)21-48-38)33-10-7-29(33)19-42-22-37(13-4-6-27-17-30(39)9-11-32(27)37)24-47-35-12-8-28(18-34(35)42)36(43)40-49(44,45)26(25)2/h8-9,11-12,17-18,25-26,29,31,33H,3-7,10,13-16,19-24H2,1-2H3,(H,40,43)/t25-,26+,29-,31?,33+,37-,38-/m0/s1. The van der Waals surface area contributed by atoms with Crippen molar-refractivity contribution in [1.82, 2.24) is 9.62 Å². The van der Waals surface area contributed by atoms with Gasteiger partial charge in [-0.3, -0.25) is 9.69 Å². The van der Waals surface area contributed by atoms with Gasteiger partial charge in [-0.15, -0.1) is 0 Å². The zero-order chi connectivity index (χ0) is 34.0. The van der Waals surface area contributed by atoms with Crippen molar-refractivity contribution >= 4 is 33.2 Å². The molecule has 8 rings (SSSR count). The number of benzene rings is 2. The van der Waals surface area contributed by atoms with Crippen molar-refractivity contribution in [3.05, 3.63) is 58.1 Å². The molecule has 1 N–H and O–H groups in total. The molecule has 49 heavy (non-hydrogen) atoms. The number of halogens is 1. The van der Waals surface area contributed by atoms with Gasteiger partial charge < -0.3 is 19.1 Å². The van der Waals surface area contributed by atoms with Crippen LogP contribution in [0.15, 0.2) is 36.4 Å². The molecule has 2 aromatic carbocycles. The van der Waals surface area contributed by atoms with Crippen LogP contribution in [-0.4, -0.2) is 88.7 Å². The third-order valence-corrected chi connectivity index (χ3v) is 15.2. The third kappa shape index (κ3) is 6.17. The zero-order valence-electron chi connectivity index (χ0n) is 28.8. The topological polar surface area (TPSA) is 97.4 Å². The lowest BCUT2D eigenvalue weighted by Gasteiger charge is -2.57. The number of nitrogens with one attached hydrogen (secondary N) is 1. The summed E-state index contributed by atoms with van der Waals surface area (Å²) >= 11 is 6.48. The van der Waals surface area contributed by atoms with E-state index < -0.39 is 21.2 Å². The van der Waals surface area contributed by atoms with Crippen LogP contribution in [-0.2, 0) is 31.3 Å². The molecule has 2 bridgehead atoms. The minimum atomic E-state index is -3.90. The fraction of sp³-hybridized carbons (Fsp3) is 0.658. The average molecular weight is 712 g/mol. The molecule has 2 spiro atoms. The number of hydrogen-bond acceptors (Lipinski definition) is 8. The number of ether oxygens (including phenoxy) is 3. The van der Waals surface area contributed by atoms with Gasteiger partial charge in [0.05, 0.1) is 49.0 Å². The fourth-order valence-electron chi connectivity index (χ4n) is 9.83. The van der Waals surface area contributed by atoms with Gasteiger partial charge >= 0.3 is 0 Å². The van der Waals surface area contributed by atoms with Crippen molar-refractivity contribution in [3.63, 3.8) is 0 Å². The van der Waals surface area contributed by atoms with Crippen molar-refractivity contribution in [2.24, 2.45) is 17.8 Å². The van der Waals surface area contributed by atoms with Crippen molar-refractivity contribution in [3.8, 4) is 5.75 Å². The molecule has 3 fully saturated rings. The highest BCUT2D eigenvalue weighted by molar-refractivity contribution is 7.90. The second kappa shape index (κ2) is 13.0. The predicted octanol–water partition coefficient (Wildman–Crippen LogP) is 5.58. The quantitative estimate of drug-likeness (QED) is 0.379. The number of carbonyl (C=O) groups is 1. The number of morpholine rings is 2. The number of aryl methyl sites for hydroxylation is 1. The highest BCUT2D eigenvalue weighted by atomic mass is 35.5. The molecule has 4 aliphatic heterocycles. The summed E-state index contributed by atoms with van der Waals surface area (Å²) in [6, 6.07) is 12.0. The van der Waals surface area contributed by atoms with E-state index in [1.54, 1.807) is 13.0 Å². The number of amides is 1. The zero-order valence-corrected chi connectivity index (χ0v) is 30.4. The minimum Gasteiger partial charge on any atom is -0.490 e. The van der Waals surface area contributed by atoms with Gasteiger partial charge in [-0.05, 0) is 111 Å². The Morgan fingerprint density at radius 2 is 1.88 bits per heavy atom. The van der Waals surface area contributed by atoms with Crippen molar-refractivity contribution in [2.45, 2.75) is 87.5 Å². The Morgan fingerprint density at radius 1 is 1.00 bits per heavy atom. The van der Waals surface area contributed by atoms with Crippen LogP contribution in [0.2, 0.25) is 5.02 Å². The maximum atomic E-state index is 13.6. The van der Waals surface area contributed by atoms with Gasteiger partial charge in [0.25, 0.3) is 5.91 Å². The van der Waals surface area contributed by atoms with E-state index in [2.05, 4.69) is 26.7 Å². The Morgan fingerprint density at radius 3 is 2.71 bits per heavy atom. The van der Waals surface area contributed by atoms with Crippen molar-refractivity contribution in [2.75, 3.05) is 57.5 Å². The Balaban J connectivity index is 1.20. The maximum Gasteiger partial charge on any atom is 0.264 e. The monoisotopic (exact) mass is 711 g/mol. The molecule has 4 heterocycles. The fourth-order valence-corrected chi connectivity index (χ4v) is 11.3. The summed E-state index contributed by atoms with van der Waals surface area (Å²) in [7, 11) is -3.90. The van der Waals surface area contributed by atoms with Crippen molar-refractivity contribution < 1.29 is 27.4 Å². The molecule has 2 aromatic rings. The van der Waals surface area contributed by atoms with Crippen LogP contribution >= 0.6 is 11.6 Å². The summed E-state index contributed by atoms with van der Waals surface area (Å²) in [6.45, 7) is 9.74. The van der Waals surface area contributed by atoms with E-state index >= 15 is 0 Å². The largest absolute Gasteiger partial charge is 0.490 e. The number of hydrogen-bond donors (Lipinski definition) is 1. The van der Waals surface area contributed by atoms with Crippen LogP contribution < -0.4 is 14.4 Å². The molecule has 1 saturated carbocycles. The molecule has 9 nitrogen and oxygen atoms in total. The van der Waals surface area contributed by atoms with Gasteiger partial charge in [-0.25, -0.2) is 13.1 Å². The van der Waals surface area contributed by atoms with E-state index in [-0.39, 0.29) is 16.9 Å². The first-order valence-electron chi connectivity index (χ1n) is 18.4. The lowest BCUT2D eigenvalue weighted by molar-refractivity contribution is -0.212. The summed E-state index contributed by atoms with van der Waals surface area (Å²) in [4.78, 5) is 18.6. The minimum absolute atomic E-state index is 0.118. The lowest BCUT2D eigenvalue weighted by atomic mass is 9.62. The van der Waals surface area contributed by atoms with Gasteiger partial charge in [0.2, 0.25) is 10.0 Å². The predicted molar refractivity (Wildman–Crippen MR) is 190 cm³/mol. The summed E-state index contributed by atoms with van der Waals surface area (Å²) in [5, 5.41) is 0.0404. The van der Waals surface area contributed by atoms with Crippen LogP contribution in [0.25, 0.3) is 0 Å². The van der Waals surface area contributed by atoms with Gasteiger partial charge in [0, 0.05) is 42.2 Å². The number of fused-ring (bicyclic) bond motifs is 6. The number of anilines is 1. The Bertz CT molecular complexity index is 1710. The Hall–Kier alpha value is -2.37. The maximum absolute atomic E-state index is 13.6. The number of sulfonamides is 1. The second-order valence-corrected chi connectivity index (χ2v) is 18.3. The van der Waals surface area contributed by atoms with Gasteiger partial charge in [0.15, 0.2) is 0 Å². The summed E-state index contributed by atoms with van der Waals surface area (Å²) in [5.41, 5.74) is 3.23. The highest BCUT2D eigenvalue weighted by Gasteiger charge is 2.53. The highest BCUT2D eigenvalue weighted by Crippen LogP contribution is 2.51. The Labute approximate surface area is 296 Å². The van der Waals surface area contributed by atoms with E-state index in [1.807, 2.05) is 25.1 Å². The van der Waals surface area contributed by atoms with E-state index in [4.69, 9.17) is 25.8 Å². The molecule has 2 saturated heterocycles. The summed E-state index contributed by atoms with van der Waals surface area (Å²) < 4.78 is 49.0. The average Bonchev–Trinajstić information content (AvgIpc) is 3.22. The van der Waals surface area contributed by atoms with E-state index in [0.717, 1.165) is 101 Å². The summed E-state index contributed by atoms with van der Waals surface area (Å²) in [5.74, 6) is 0.814. The molecule has 11 heteroatoms.